The number of hydrogen-bond donors (Lipinski definition) is 1. The summed E-state index contributed by atoms with van der Waals surface area (Å²) >= 11 is 0. The smallest absolute Gasteiger partial charge is 0.335 e. The Bertz CT molecular complexity index is 1780. The molecule has 0 spiro atoms. The monoisotopic (exact) mass is 578 g/mol. The van der Waals surface area contributed by atoms with Crippen molar-refractivity contribution in [3.8, 4) is 11.8 Å². The van der Waals surface area contributed by atoms with Crippen LogP contribution in [0.3, 0.4) is 0 Å². The Morgan fingerprint density at radius 2 is 1.93 bits per heavy atom. The molecule has 0 aliphatic carbocycles. The number of nitrogens with zero attached hydrogens (tertiary/aromatic N) is 4. The van der Waals surface area contributed by atoms with E-state index >= 15 is 0 Å². The molecule has 1 N–H and O–H groups in total. The van der Waals surface area contributed by atoms with Gasteiger partial charge in [-0.25, -0.2) is 14.2 Å². The van der Waals surface area contributed by atoms with Crippen molar-refractivity contribution in [3.63, 3.8) is 0 Å². The number of halogens is 1. The third-order valence-corrected chi connectivity index (χ3v) is 8.85. The number of aromatic carboxylic acids is 1. The average molecular weight is 579 g/mol. The Labute approximate surface area is 248 Å². The summed E-state index contributed by atoms with van der Waals surface area (Å²) < 4.78 is 29.1. The van der Waals surface area contributed by atoms with Crippen LogP contribution in [0.2, 0.25) is 0 Å². The third-order valence-electron chi connectivity index (χ3n) is 8.85. The highest BCUT2D eigenvalue weighted by atomic mass is 19.1. The zero-order chi connectivity index (χ0) is 29.5. The first-order valence-corrected chi connectivity index (χ1v) is 14.7. The standard InChI is InChI=1S/C34H31FN4O4/c35-28-16-21(18-36)4-7-27(28)31-9-6-23-2-1-3-26(33(23)43-31)22-10-13-38(14-11-22)20-32-37-29-8-5-24(34(40)41)17-30(29)39(32)19-25-12-15-42-25/h1-9,16-17,22,25,31H,10-15,19-20H2,(H,40,41). The molecule has 0 saturated carbocycles. The molecule has 0 amide bonds. The fourth-order valence-electron chi connectivity index (χ4n) is 6.38. The summed E-state index contributed by atoms with van der Waals surface area (Å²) in [5.74, 6) is 0.619. The number of carbonyl (C=O) groups is 1. The molecule has 2 atom stereocenters. The topological polar surface area (TPSA) is 101 Å². The lowest BCUT2D eigenvalue weighted by atomic mass is 9.87. The lowest BCUT2D eigenvalue weighted by Gasteiger charge is -2.34. The maximum atomic E-state index is 14.8. The first kappa shape index (κ1) is 27.3. The van der Waals surface area contributed by atoms with Gasteiger partial charge in [0.25, 0.3) is 0 Å². The van der Waals surface area contributed by atoms with E-state index < -0.39 is 17.9 Å². The molecule has 43 heavy (non-hydrogen) atoms. The number of piperidine rings is 1. The number of carboxylic acids is 1. The van der Waals surface area contributed by atoms with Crippen LogP contribution in [-0.4, -0.2) is 51.3 Å². The highest BCUT2D eigenvalue weighted by molar-refractivity contribution is 5.92. The Hall–Kier alpha value is -4.52. The highest BCUT2D eigenvalue weighted by Crippen LogP contribution is 2.42. The van der Waals surface area contributed by atoms with E-state index in [4.69, 9.17) is 19.7 Å². The Morgan fingerprint density at radius 3 is 2.65 bits per heavy atom. The molecule has 2 fully saturated rings. The van der Waals surface area contributed by atoms with Crippen LogP contribution in [0.4, 0.5) is 4.39 Å². The van der Waals surface area contributed by atoms with Crippen molar-refractivity contribution in [2.45, 2.75) is 50.5 Å². The van der Waals surface area contributed by atoms with Crippen molar-refractivity contribution >= 4 is 23.1 Å². The molecule has 218 valence electrons. The van der Waals surface area contributed by atoms with Gasteiger partial charge in [-0.05, 0) is 80.2 Å². The number of nitriles is 1. The van der Waals surface area contributed by atoms with Gasteiger partial charge in [-0.2, -0.15) is 5.26 Å². The van der Waals surface area contributed by atoms with Crippen molar-refractivity contribution in [1.82, 2.24) is 14.5 Å². The minimum Gasteiger partial charge on any atom is -0.481 e. The van der Waals surface area contributed by atoms with Crippen LogP contribution in [0.1, 0.15) is 69.7 Å². The number of ether oxygens (including phenoxy) is 2. The molecule has 8 nitrogen and oxygen atoms in total. The fraction of sp³-hybridized carbons (Fsp3) is 0.324. The predicted octanol–water partition coefficient (Wildman–Crippen LogP) is 6.06. The molecule has 9 heteroatoms. The van der Waals surface area contributed by atoms with Gasteiger partial charge in [0.15, 0.2) is 0 Å². The van der Waals surface area contributed by atoms with Gasteiger partial charge in [0.2, 0.25) is 0 Å². The van der Waals surface area contributed by atoms with Crippen molar-refractivity contribution in [1.29, 1.82) is 5.26 Å². The first-order chi connectivity index (χ1) is 21.0. The van der Waals surface area contributed by atoms with E-state index in [1.165, 1.54) is 6.07 Å². The van der Waals surface area contributed by atoms with E-state index in [1.807, 2.05) is 30.4 Å². The van der Waals surface area contributed by atoms with Crippen LogP contribution in [0, 0.1) is 17.1 Å². The number of para-hydroxylation sites is 1. The highest BCUT2D eigenvalue weighted by Gasteiger charge is 2.29. The largest absolute Gasteiger partial charge is 0.481 e. The Balaban J connectivity index is 1.08. The number of imidazole rings is 1. The Kier molecular flexibility index (Phi) is 7.17. The SMILES string of the molecule is N#Cc1ccc(C2C=Cc3cccc(C4CCN(Cc5nc6ccc(C(=O)O)cc6n5CC5CCO5)CC4)c3O2)c(F)c1. The van der Waals surface area contributed by atoms with Gasteiger partial charge in [0.1, 0.15) is 23.5 Å². The minimum atomic E-state index is -0.950. The summed E-state index contributed by atoms with van der Waals surface area (Å²) in [6, 6.07) is 17.8. The van der Waals surface area contributed by atoms with Crippen molar-refractivity contribution < 1.29 is 23.8 Å². The molecule has 7 rings (SSSR count). The number of rotatable bonds is 7. The molecule has 3 aliphatic rings. The summed E-state index contributed by atoms with van der Waals surface area (Å²) in [5, 5.41) is 18.6. The molecular weight excluding hydrogens is 547 g/mol. The van der Waals surface area contributed by atoms with Crippen molar-refractivity contribution in [2.24, 2.45) is 0 Å². The maximum absolute atomic E-state index is 14.8. The van der Waals surface area contributed by atoms with Gasteiger partial charge in [-0.1, -0.05) is 30.3 Å². The predicted molar refractivity (Wildman–Crippen MR) is 158 cm³/mol. The lowest BCUT2D eigenvalue weighted by Crippen LogP contribution is -2.35. The minimum absolute atomic E-state index is 0.121. The zero-order valence-corrected chi connectivity index (χ0v) is 23.6. The summed E-state index contributed by atoms with van der Waals surface area (Å²) in [7, 11) is 0. The summed E-state index contributed by atoms with van der Waals surface area (Å²) in [5.41, 5.74) is 4.69. The molecule has 4 aromatic rings. The summed E-state index contributed by atoms with van der Waals surface area (Å²) in [6.07, 6.45) is 6.28. The second kappa shape index (κ2) is 11.3. The van der Waals surface area contributed by atoms with Crippen LogP contribution in [0.25, 0.3) is 17.1 Å². The second-order valence-electron chi connectivity index (χ2n) is 11.5. The second-order valence-corrected chi connectivity index (χ2v) is 11.5. The molecule has 0 radical (unpaired) electrons. The van der Waals surface area contributed by atoms with Gasteiger partial charge in [-0.3, -0.25) is 4.90 Å². The number of likely N-dealkylation sites (tertiary alicyclic amines) is 1. The molecule has 0 bridgehead atoms. The number of fused-ring (bicyclic) bond motifs is 2. The third kappa shape index (κ3) is 5.29. The molecule has 1 aromatic heterocycles. The number of carboxylic acid groups (broad SMARTS) is 1. The van der Waals surface area contributed by atoms with Gasteiger partial charge >= 0.3 is 5.97 Å². The van der Waals surface area contributed by atoms with Gasteiger partial charge < -0.3 is 19.1 Å². The van der Waals surface area contributed by atoms with E-state index in [9.17, 15) is 14.3 Å². The van der Waals surface area contributed by atoms with Crippen LogP contribution < -0.4 is 4.74 Å². The quantitative estimate of drug-likeness (QED) is 0.285. The molecule has 2 saturated heterocycles. The summed E-state index contributed by atoms with van der Waals surface area (Å²) in [4.78, 5) is 18.9. The van der Waals surface area contributed by atoms with Crippen LogP contribution >= 0.6 is 0 Å². The van der Waals surface area contributed by atoms with Crippen LogP contribution in [-0.2, 0) is 17.8 Å². The zero-order valence-electron chi connectivity index (χ0n) is 23.6. The van der Waals surface area contributed by atoms with E-state index in [0.717, 1.165) is 72.7 Å². The van der Waals surface area contributed by atoms with Gasteiger partial charge in [0, 0.05) is 17.7 Å². The fourth-order valence-corrected chi connectivity index (χ4v) is 6.38. The van der Waals surface area contributed by atoms with Crippen LogP contribution in [0.15, 0.2) is 60.7 Å². The van der Waals surface area contributed by atoms with Gasteiger partial charge in [0.05, 0.1) is 47.4 Å². The molecule has 4 heterocycles. The number of benzene rings is 3. The average Bonchev–Trinajstić information content (AvgIpc) is 3.34. The molecule has 2 unspecified atom stereocenters. The molecular formula is C34H31FN4O4. The van der Waals surface area contributed by atoms with E-state index in [1.54, 1.807) is 30.3 Å². The van der Waals surface area contributed by atoms with E-state index in [0.29, 0.717) is 24.6 Å². The van der Waals surface area contributed by atoms with E-state index in [2.05, 4.69) is 15.5 Å². The first-order valence-electron chi connectivity index (χ1n) is 14.7. The van der Waals surface area contributed by atoms with Crippen LogP contribution in [0.5, 0.6) is 5.75 Å². The maximum Gasteiger partial charge on any atom is 0.335 e. The summed E-state index contributed by atoms with van der Waals surface area (Å²) in [6.45, 7) is 3.84. The Morgan fingerprint density at radius 1 is 1.09 bits per heavy atom. The molecule has 3 aromatic carbocycles. The normalized spacial score (nSPS) is 20.3. The lowest BCUT2D eigenvalue weighted by molar-refractivity contribution is -0.0592. The van der Waals surface area contributed by atoms with Gasteiger partial charge in [-0.15, -0.1) is 0 Å². The number of aromatic nitrogens is 2. The van der Waals surface area contributed by atoms with Crippen molar-refractivity contribution in [2.75, 3.05) is 19.7 Å². The van der Waals surface area contributed by atoms with Crippen molar-refractivity contribution in [3.05, 3.63) is 100 Å². The number of hydrogen-bond acceptors (Lipinski definition) is 6. The molecule has 3 aliphatic heterocycles. The van der Waals surface area contributed by atoms with E-state index in [-0.39, 0.29) is 17.2 Å².